The molecule has 3 N–H and O–H groups in total. The molecule has 0 aromatic carbocycles. The van der Waals surface area contributed by atoms with Crippen molar-refractivity contribution in [1.29, 1.82) is 0 Å². The molecule has 1 aromatic heterocycles. The van der Waals surface area contributed by atoms with Gasteiger partial charge in [-0.15, -0.1) is 24.0 Å². The van der Waals surface area contributed by atoms with Crippen LogP contribution < -0.4 is 16.0 Å². The van der Waals surface area contributed by atoms with Gasteiger partial charge in [0.05, 0.1) is 6.54 Å². The first-order chi connectivity index (χ1) is 10.9. The minimum Gasteiger partial charge on any atom is -0.444 e. The SMILES string of the molecule is CCNC(=NCc1ccsc1)NCCCNC(=O)OC(C)(C)C.I. The van der Waals surface area contributed by atoms with Gasteiger partial charge >= 0.3 is 6.09 Å². The lowest BCUT2D eigenvalue weighted by molar-refractivity contribution is 0.0527. The number of halogens is 1. The van der Waals surface area contributed by atoms with Gasteiger partial charge in [0, 0.05) is 19.6 Å². The molecule has 1 amide bonds. The summed E-state index contributed by atoms with van der Waals surface area (Å²) in [6.07, 6.45) is 0.415. The van der Waals surface area contributed by atoms with Gasteiger partial charge < -0.3 is 20.7 Å². The van der Waals surface area contributed by atoms with Crippen molar-refractivity contribution in [3.05, 3.63) is 22.4 Å². The molecule has 1 aromatic rings. The van der Waals surface area contributed by atoms with Gasteiger partial charge in [-0.3, -0.25) is 0 Å². The molecule has 0 aliphatic rings. The number of alkyl carbamates (subject to hydrolysis) is 1. The van der Waals surface area contributed by atoms with Crippen LogP contribution in [-0.2, 0) is 11.3 Å². The summed E-state index contributed by atoms with van der Waals surface area (Å²) >= 11 is 1.67. The van der Waals surface area contributed by atoms with E-state index >= 15 is 0 Å². The number of carbonyl (C=O) groups is 1. The normalized spacial score (nSPS) is 11.4. The van der Waals surface area contributed by atoms with E-state index in [9.17, 15) is 4.79 Å². The summed E-state index contributed by atoms with van der Waals surface area (Å²) in [6.45, 7) is 10.3. The van der Waals surface area contributed by atoms with Gasteiger partial charge in [0.15, 0.2) is 5.96 Å². The van der Waals surface area contributed by atoms with E-state index in [0.717, 1.165) is 25.5 Å². The van der Waals surface area contributed by atoms with Gasteiger partial charge in [-0.2, -0.15) is 11.3 Å². The number of nitrogens with one attached hydrogen (secondary N) is 3. The molecule has 1 heterocycles. The average Bonchev–Trinajstić information content (AvgIpc) is 2.95. The molecule has 0 radical (unpaired) electrons. The molecule has 24 heavy (non-hydrogen) atoms. The van der Waals surface area contributed by atoms with E-state index in [1.165, 1.54) is 5.56 Å². The first kappa shape index (κ1) is 23.0. The fourth-order valence-electron chi connectivity index (χ4n) is 1.69. The predicted molar refractivity (Wildman–Crippen MR) is 111 cm³/mol. The van der Waals surface area contributed by atoms with Gasteiger partial charge in [0.1, 0.15) is 5.60 Å². The molecule has 138 valence electrons. The maximum absolute atomic E-state index is 11.5. The van der Waals surface area contributed by atoms with Crippen molar-refractivity contribution >= 4 is 47.4 Å². The first-order valence-corrected chi connectivity index (χ1v) is 8.85. The molecule has 6 nitrogen and oxygen atoms in total. The molecule has 1 rings (SSSR count). The van der Waals surface area contributed by atoms with Gasteiger partial charge in [0.25, 0.3) is 0 Å². The second-order valence-corrected chi connectivity index (χ2v) is 6.82. The number of hydrogen-bond donors (Lipinski definition) is 3. The molecule has 0 saturated carbocycles. The van der Waals surface area contributed by atoms with Gasteiger partial charge in [-0.25, -0.2) is 9.79 Å². The minimum absolute atomic E-state index is 0. The molecule has 0 unspecified atom stereocenters. The highest BCUT2D eigenvalue weighted by Crippen LogP contribution is 2.07. The number of amides is 1. The van der Waals surface area contributed by atoms with E-state index in [2.05, 4.69) is 32.4 Å². The topological polar surface area (TPSA) is 74.8 Å². The van der Waals surface area contributed by atoms with E-state index in [4.69, 9.17) is 4.74 Å². The summed E-state index contributed by atoms with van der Waals surface area (Å²) in [4.78, 5) is 16.0. The number of guanidine groups is 1. The van der Waals surface area contributed by atoms with E-state index < -0.39 is 5.60 Å². The van der Waals surface area contributed by atoms with Crippen molar-refractivity contribution in [2.45, 2.75) is 46.3 Å². The highest BCUT2D eigenvalue weighted by Gasteiger charge is 2.15. The quantitative estimate of drug-likeness (QED) is 0.249. The molecule has 0 atom stereocenters. The lowest BCUT2D eigenvalue weighted by Gasteiger charge is -2.19. The number of carbonyl (C=O) groups excluding carboxylic acids is 1. The zero-order chi connectivity index (χ0) is 17.1. The molecule has 0 aliphatic heterocycles. The Morgan fingerprint density at radius 3 is 2.54 bits per heavy atom. The van der Waals surface area contributed by atoms with E-state index in [0.29, 0.717) is 13.1 Å². The standard InChI is InChI=1S/C16H28N4O2S.HI/c1-5-17-14(20-11-13-7-10-23-12-13)18-8-6-9-19-15(21)22-16(2,3)4;/h7,10,12H,5-6,8-9,11H2,1-4H3,(H,19,21)(H2,17,18,20);1H. The van der Waals surface area contributed by atoms with Crippen LogP contribution in [0.1, 0.15) is 39.7 Å². The Balaban J connectivity index is 0.00000529. The van der Waals surface area contributed by atoms with E-state index in [-0.39, 0.29) is 30.1 Å². The van der Waals surface area contributed by atoms with Gasteiger partial charge in [0.2, 0.25) is 0 Å². The number of nitrogens with zero attached hydrogens (tertiary/aromatic N) is 1. The van der Waals surface area contributed by atoms with Crippen molar-refractivity contribution in [3.63, 3.8) is 0 Å². The molecule has 0 saturated heterocycles. The Hall–Kier alpha value is -1.03. The smallest absolute Gasteiger partial charge is 0.407 e. The maximum atomic E-state index is 11.5. The van der Waals surface area contributed by atoms with Crippen molar-refractivity contribution in [3.8, 4) is 0 Å². The Morgan fingerprint density at radius 1 is 1.25 bits per heavy atom. The predicted octanol–water partition coefficient (Wildman–Crippen LogP) is 3.34. The van der Waals surface area contributed by atoms with Crippen LogP contribution in [0.4, 0.5) is 4.79 Å². The van der Waals surface area contributed by atoms with Crippen LogP contribution in [0.2, 0.25) is 0 Å². The first-order valence-electron chi connectivity index (χ1n) is 7.91. The Labute approximate surface area is 165 Å². The van der Waals surface area contributed by atoms with E-state index in [1.54, 1.807) is 11.3 Å². The van der Waals surface area contributed by atoms with Gasteiger partial charge in [-0.05, 0) is 56.5 Å². The zero-order valence-electron chi connectivity index (χ0n) is 14.8. The summed E-state index contributed by atoms with van der Waals surface area (Å²) in [6, 6.07) is 2.07. The molecule has 0 bridgehead atoms. The van der Waals surface area contributed by atoms with Crippen LogP contribution in [0.5, 0.6) is 0 Å². The lowest BCUT2D eigenvalue weighted by atomic mass is 10.2. The summed E-state index contributed by atoms with van der Waals surface area (Å²) in [5, 5.41) is 13.3. The summed E-state index contributed by atoms with van der Waals surface area (Å²) in [5.41, 5.74) is 0.744. The average molecular weight is 468 g/mol. The third-order valence-electron chi connectivity index (χ3n) is 2.66. The van der Waals surface area contributed by atoms with Gasteiger partial charge in [-0.1, -0.05) is 0 Å². The number of aliphatic imine (C=N–C) groups is 1. The van der Waals surface area contributed by atoms with Crippen molar-refractivity contribution < 1.29 is 9.53 Å². The lowest BCUT2D eigenvalue weighted by Crippen LogP contribution is -2.39. The van der Waals surface area contributed by atoms with Crippen molar-refractivity contribution in [2.24, 2.45) is 4.99 Å². The molecular formula is C16H29IN4O2S. The summed E-state index contributed by atoms with van der Waals surface area (Å²) in [7, 11) is 0. The molecule has 0 fully saturated rings. The zero-order valence-corrected chi connectivity index (χ0v) is 18.0. The second kappa shape index (κ2) is 12.3. The van der Waals surface area contributed by atoms with Crippen LogP contribution in [0, 0.1) is 0 Å². The van der Waals surface area contributed by atoms with Crippen LogP contribution in [0.25, 0.3) is 0 Å². The Morgan fingerprint density at radius 2 is 1.96 bits per heavy atom. The molecule has 8 heteroatoms. The fourth-order valence-corrected chi connectivity index (χ4v) is 2.35. The summed E-state index contributed by atoms with van der Waals surface area (Å²) in [5.74, 6) is 0.788. The number of hydrogen-bond acceptors (Lipinski definition) is 4. The maximum Gasteiger partial charge on any atom is 0.407 e. The molecular weight excluding hydrogens is 439 g/mol. The number of thiophene rings is 1. The fraction of sp³-hybridized carbons (Fsp3) is 0.625. The Bertz CT molecular complexity index is 487. The monoisotopic (exact) mass is 468 g/mol. The van der Waals surface area contributed by atoms with Crippen LogP contribution in [-0.4, -0.2) is 37.3 Å². The van der Waals surface area contributed by atoms with E-state index in [1.807, 2.05) is 33.1 Å². The molecule has 0 spiro atoms. The number of rotatable bonds is 7. The van der Waals surface area contributed by atoms with Crippen LogP contribution >= 0.6 is 35.3 Å². The highest BCUT2D eigenvalue weighted by molar-refractivity contribution is 14.0. The van der Waals surface area contributed by atoms with Crippen molar-refractivity contribution in [1.82, 2.24) is 16.0 Å². The minimum atomic E-state index is -0.463. The molecule has 0 aliphatic carbocycles. The highest BCUT2D eigenvalue weighted by atomic mass is 127. The second-order valence-electron chi connectivity index (χ2n) is 6.04. The Kier molecular flexibility index (Phi) is 11.8. The van der Waals surface area contributed by atoms with Crippen molar-refractivity contribution in [2.75, 3.05) is 19.6 Å². The van der Waals surface area contributed by atoms with Crippen LogP contribution in [0.3, 0.4) is 0 Å². The third kappa shape index (κ3) is 11.5. The van der Waals surface area contributed by atoms with Crippen LogP contribution in [0.15, 0.2) is 21.8 Å². The summed E-state index contributed by atoms with van der Waals surface area (Å²) < 4.78 is 5.18. The largest absolute Gasteiger partial charge is 0.444 e. The number of ether oxygens (including phenoxy) is 1. The third-order valence-corrected chi connectivity index (χ3v) is 3.39.